The molecule has 2 aromatic rings. The highest BCUT2D eigenvalue weighted by Crippen LogP contribution is 2.34. The van der Waals surface area contributed by atoms with Gasteiger partial charge in [-0.1, -0.05) is 32.9 Å². The molecule has 4 nitrogen and oxygen atoms in total. The van der Waals surface area contributed by atoms with Gasteiger partial charge in [0, 0.05) is 5.41 Å². The number of carbonyl (C=O) groups is 1. The minimum absolute atomic E-state index is 0.0763. The number of ketones is 1. The van der Waals surface area contributed by atoms with Crippen LogP contribution in [-0.2, 0) is 0 Å². The van der Waals surface area contributed by atoms with E-state index in [2.05, 4.69) is 10.2 Å². The number of aromatic nitrogens is 2. The van der Waals surface area contributed by atoms with Crippen LogP contribution in [0.4, 0.5) is 4.39 Å². The summed E-state index contributed by atoms with van der Waals surface area (Å²) in [4.78, 5) is 12.5. The van der Waals surface area contributed by atoms with Gasteiger partial charge < -0.3 is 4.74 Å². The standard InChI is InChI=1S/C15H17FN2O2/c1-15(2,3)13(19)12-11(14(20-4)18-17-12)9-5-7-10(16)8-6-9/h5-8H,1-4H3,(H,17,18). The minimum Gasteiger partial charge on any atom is -0.479 e. The molecule has 1 heterocycles. The fraction of sp³-hybridized carbons (Fsp3) is 0.333. The summed E-state index contributed by atoms with van der Waals surface area (Å²) in [6.45, 7) is 5.49. The number of nitrogens with zero attached hydrogens (tertiary/aromatic N) is 1. The van der Waals surface area contributed by atoms with Crippen LogP contribution in [0, 0.1) is 11.2 Å². The molecule has 0 bridgehead atoms. The average molecular weight is 276 g/mol. The zero-order chi connectivity index (χ0) is 14.9. The molecule has 0 unspecified atom stereocenters. The van der Waals surface area contributed by atoms with E-state index in [0.29, 0.717) is 22.7 Å². The molecule has 0 aliphatic carbocycles. The summed E-state index contributed by atoms with van der Waals surface area (Å²) < 4.78 is 18.2. The van der Waals surface area contributed by atoms with Gasteiger partial charge in [0.25, 0.3) is 0 Å². The van der Waals surface area contributed by atoms with E-state index in [1.54, 1.807) is 12.1 Å². The molecular formula is C15H17FN2O2. The number of hydrogen-bond donors (Lipinski definition) is 1. The van der Waals surface area contributed by atoms with E-state index in [9.17, 15) is 9.18 Å². The lowest BCUT2D eigenvalue weighted by molar-refractivity contribution is 0.0853. The third-order valence-electron chi connectivity index (χ3n) is 2.97. The van der Waals surface area contributed by atoms with Crippen molar-refractivity contribution in [3.8, 4) is 17.0 Å². The third-order valence-corrected chi connectivity index (χ3v) is 2.97. The quantitative estimate of drug-likeness (QED) is 0.873. The van der Waals surface area contributed by atoms with Crippen LogP contribution in [0.15, 0.2) is 24.3 Å². The molecule has 0 atom stereocenters. The number of methoxy groups -OCH3 is 1. The fourth-order valence-corrected chi connectivity index (χ4v) is 1.90. The molecule has 0 fully saturated rings. The second-order valence-electron chi connectivity index (χ2n) is 5.57. The van der Waals surface area contributed by atoms with Crippen LogP contribution in [0.5, 0.6) is 5.88 Å². The summed E-state index contributed by atoms with van der Waals surface area (Å²) in [5.74, 6) is -0.0863. The van der Waals surface area contributed by atoms with Crippen LogP contribution in [0.2, 0.25) is 0 Å². The Labute approximate surface area is 117 Å². The van der Waals surface area contributed by atoms with Crippen molar-refractivity contribution in [2.24, 2.45) is 5.41 Å². The predicted octanol–water partition coefficient (Wildman–Crippen LogP) is 3.45. The largest absolute Gasteiger partial charge is 0.479 e. The third kappa shape index (κ3) is 2.57. The van der Waals surface area contributed by atoms with Crippen LogP contribution in [0.1, 0.15) is 31.3 Å². The van der Waals surface area contributed by atoms with Gasteiger partial charge in [0.15, 0.2) is 5.78 Å². The maximum absolute atomic E-state index is 13.0. The lowest BCUT2D eigenvalue weighted by Crippen LogP contribution is -2.21. The van der Waals surface area contributed by atoms with Gasteiger partial charge in [-0.2, -0.15) is 0 Å². The van der Waals surface area contributed by atoms with Gasteiger partial charge in [-0.05, 0) is 17.7 Å². The van der Waals surface area contributed by atoms with E-state index in [4.69, 9.17) is 4.74 Å². The molecule has 1 N–H and O–H groups in total. The van der Waals surface area contributed by atoms with Gasteiger partial charge in [0.2, 0.25) is 5.88 Å². The lowest BCUT2D eigenvalue weighted by Gasteiger charge is -2.16. The molecule has 1 aromatic carbocycles. The van der Waals surface area contributed by atoms with E-state index in [0.717, 1.165) is 0 Å². The smallest absolute Gasteiger partial charge is 0.241 e. The van der Waals surface area contributed by atoms with Gasteiger partial charge in [-0.15, -0.1) is 5.10 Å². The number of H-pyrrole nitrogens is 1. The van der Waals surface area contributed by atoms with Crippen molar-refractivity contribution in [1.82, 2.24) is 10.2 Å². The number of aromatic amines is 1. The predicted molar refractivity (Wildman–Crippen MR) is 74.3 cm³/mol. The zero-order valence-electron chi connectivity index (χ0n) is 12.0. The maximum atomic E-state index is 13.0. The normalized spacial score (nSPS) is 11.4. The first-order chi connectivity index (χ1) is 9.34. The molecule has 0 aliphatic rings. The number of halogens is 1. The van der Waals surface area contributed by atoms with Gasteiger partial charge in [0.05, 0.1) is 12.7 Å². The Morgan fingerprint density at radius 3 is 2.35 bits per heavy atom. The molecule has 20 heavy (non-hydrogen) atoms. The Balaban J connectivity index is 2.59. The summed E-state index contributed by atoms with van der Waals surface area (Å²) >= 11 is 0. The topological polar surface area (TPSA) is 55.0 Å². The van der Waals surface area contributed by atoms with E-state index in [1.807, 2.05) is 20.8 Å². The molecule has 0 aliphatic heterocycles. The molecule has 0 spiro atoms. The SMILES string of the molecule is COc1n[nH]c(C(=O)C(C)(C)C)c1-c1ccc(F)cc1. The molecule has 0 saturated carbocycles. The highest BCUT2D eigenvalue weighted by atomic mass is 19.1. The summed E-state index contributed by atoms with van der Waals surface area (Å²) in [6, 6.07) is 5.88. The lowest BCUT2D eigenvalue weighted by atomic mass is 9.87. The van der Waals surface area contributed by atoms with E-state index in [-0.39, 0.29) is 11.6 Å². The molecule has 106 valence electrons. The Morgan fingerprint density at radius 1 is 1.25 bits per heavy atom. The van der Waals surface area contributed by atoms with Crippen LogP contribution >= 0.6 is 0 Å². The number of carbonyl (C=O) groups excluding carboxylic acids is 1. The van der Waals surface area contributed by atoms with Crippen molar-refractivity contribution in [3.63, 3.8) is 0 Å². The van der Waals surface area contributed by atoms with E-state index < -0.39 is 5.41 Å². The van der Waals surface area contributed by atoms with Gasteiger partial charge in [-0.25, -0.2) is 4.39 Å². The summed E-state index contributed by atoms with van der Waals surface area (Å²) in [7, 11) is 1.48. The maximum Gasteiger partial charge on any atom is 0.241 e. The van der Waals surface area contributed by atoms with Crippen LogP contribution in [-0.4, -0.2) is 23.1 Å². The van der Waals surface area contributed by atoms with Crippen molar-refractivity contribution < 1.29 is 13.9 Å². The number of rotatable bonds is 3. The van der Waals surface area contributed by atoms with Crippen molar-refractivity contribution in [2.45, 2.75) is 20.8 Å². The van der Waals surface area contributed by atoms with Crippen molar-refractivity contribution in [3.05, 3.63) is 35.8 Å². The van der Waals surface area contributed by atoms with Crippen molar-refractivity contribution in [1.29, 1.82) is 0 Å². The Bertz CT molecular complexity index is 624. The van der Waals surface area contributed by atoms with Gasteiger partial charge in [-0.3, -0.25) is 9.89 Å². The van der Waals surface area contributed by atoms with Crippen LogP contribution in [0.3, 0.4) is 0 Å². The Kier molecular flexibility index (Phi) is 3.61. The number of hydrogen-bond acceptors (Lipinski definition) is 3. The number of ether oxygens (including phenoxy) is 1. The zero-order valence-corrected chi connectivity index (χ0v) is 12.0. The first kappa shape index (κ1) is 14.2. The second-order valence-corrected chi connectivity index (χ2v) is 5.57. The monoisotopic (exact) mass is 276 g/mol. The molecule has 0 saturated heterocycles. The van der Waals surface area contributed by atoms with Crippen LogP contribution in [0.25, 0.3) is 11.1 Å². The second kappa shape index (κ2) is 5.07. The minimum atomic E-state index is -0.549. The fourth-order valence-electron chi connectivity index (χ4n) is 1.90. The highest BCUT2D eigenvalue weighted by Gasteiger charge is 2.29. The number of Topliss-reactive ketones (excluding diaryl/α,β-unsaturated/α-hetero) is 1. The van der Waals surface area contributed by atoms with Crippen LogP contribution < -0.4 is 4.74 Å². The first-order valence-electron chi connectivity index (χ1n) is 6.27. The molecule has 0 radical (unpaired) electrons. The Hall–Kier alpha value is -2.17. The summed E-state index contributed by atoms with van der Waals surface area (Å²) in [5, 5.41) is 6.73. The van der Waals surface area contributed by atoms with Crippen molar-refractivity contribution in [2.75, 3.05) is 7.11 Å². The number of nitrogens with one attached hydrogen (secondary N) is 1. The summed E-state index contributed by atoms with van der Waals surface area (Å²) in [5.41, 5.74) is 1.07. The first-order valence-corrected chi connectivity index (χ1v) is 6.27. The molecule has 1 aromatic heterocycles. The van der Waals surface area contributed by atoms with Gasteiger partial charge >= 0.3 is 0 Å². The molecule has 2 rings (SSSR count). The van der Waals surface area contributed by atoms with Crippen molar-refractivity contribution >= 4 is 5.78 Å². The van der Waals surface area contributed by atoms with E-state index >= 15 is 0 Å². The average Bonchev–Trinajstić information content (AvgIpc) is 2.81. The number of benzene rings is 1. The molecular weight excluding hydrogens is 259 g/mol. The van der Waals surface area contributed by atoms with E-state index in [1.165, 1.54) is 19.2 Å². The summed E-state index contributed by atoms with van der Waals surface area (Å²) in [6.07, 6.45) is 0. The Morgan fingerprint density at radius 2 is 1.85 bits per heavy atom. The highest BCUT2D eigenvalue weighted by molar-refractivity contribution is 6.04. The van der Waals surface area contributed by atoms with Gasteiger partial charge in [0.1, 0.15) is 11.5 Å². The molecule has 5 heteroatoms. The molecule has 0 amide bonds.